The number of anilines is 1. The zero-order chi connectivity index (χ0) is 15.5. The molecule has 0 saturated carbocycles. The quantitative estimate of drug-likeness (QED) is 0.731. The fourth-order valence-corrected chi connectivity index (χ4v) is 3.42. The molecule has 0 aliphatic heterocycles. The van der Waals surface area contributed by atoms with Crippen LogP contribution in [0.3, 0.4) is 0 Å². The van der Waals surface area contributed by atoms with E-state index in [1.807, 2.05) is 30.3 Å². The molecule has 0 aliphatic rings. The van der Waals surface area contributed by atoms with Gasteiger partial charge >= 0.3 is 0 Å². The Morgan fingerprint density at radius 1 is 1.27 bits per heavy atom. The smallest absolute Gasteiger partial charge is 0.251 e. The van der Waals surface area contributed by atoms with Crippen molar-refractivity contribution in [1.29, 1.82) is 0 Å². The van der Waals surface area contributed by atoms with Gasteiger partial charge in [0.1, 0.15) is 0 Å². The number of hydrogen-bond acceptors (Lipinski definition) is 4. The summed E-state index contributed by atoms with van der Waals surface area (Å²) in [7, 11) is 0. The van der Waals surface area contributed by atoms with E-state index in [1.54, 1.807) is 6.07 Å². The zero-order valence-electron chi connectivity index (χ0n) is 11.7. The second kappa shape index (κ2) is 6.46. The minimum Gasteiger partial charge on any atom is -0.375 e. The molecule has 1 aromatic heterocycles. The van der Waals surface area contributed by atoms with E-state index in [1.165, 1.54) is 16.9 Å². The maximum absolute atomic E-state index is 12.2. The first-order valence-corrected chi connectivity index (χ1v) is 8.41. The number of aromatic nitrogens is 1. The van der Waals surface area contributed by atoms with Gasteiger partial charge in [-0.3, -0.25) is 4.79 Å². The SMILES string of the molecule is Nc1nc2ccc(C(=O)NCCc3cccc(Br)c3)cc2s1. The van der Waals surface area contributed by atoms with Gasteiger partial charge in [-0.2, -0.15) is 0 Å². The van der Waals surface area contributed by atoms with Crippen molar-refractivity contribution in [3.05, 3.63) is 58.1 Å². The van der Waals surface area contributed by atoms with Crippen LogP contribution < -0.4 is 11.1 Å². The summed E-state index contributed by atoms with van der Waals surface area (Å²) in [4.78, 5) is 16.4. The first-order valence-electron chi connectivity index (χ1n) is 6.80. The maximum atomic E-state index is 12.2. The number of benzene rings is 2. The molecule has 0 saturated heterocycles. The first kappa shape index (κ1) is 15.0. The summed E-state index contributed by atoms with van der Waals surface area (Å²) in [6.07, 6.45) is 0.793. The molecule has 112 valence electrons. The zero-order valence-corrected chi connectivity index (χ0v) is 14.1. The van der Waals surface area contributed by atoms with Crippen LogP contribution >= 0.6 is 27.3 Å². The lowest BCUT2D eigenvalue weighted by molar-refractivity contribution is 0.0954. The largest absolute Gasteiger partial charge is 0.375 e. The number of nitrogens with one attached hydrogen (secondary N) is 1. The molecular formula is C16H14BrN3OS. The van der Waals surface area contributed by atoms with Crippen molar-refractivity contribution in [2.75, 3.05) is 12.3 Å². The Balaban J connectivity index is 1.63. The summed E-state index contributed by atoms with van der Waals surface area (Å²) in [5.74, 6) is -0.0798. The van der Waals surface area contributed by atoms with E-state index in [-0.39, 0.29) is 5.91 Å². The summed E-state index contributed by atoms with van der Waals surface area (Å²) in [5, 5.41) is 3.45. The minimum atomic E-state index is -0.0798. The Kier molecular flexibility index (Phi) is 4.40. The Morgan fingerprint density at radius 2 is 2.14 bits per heavy atom. The van der Waals surface area contributed by atoms with Gasteiger partial charge in [0.25, 0.3) is 5.91 Å². The maximum Gasteiger partial charge on any atom is 0.251 e. The number of halogens is 1. The normalized spacial score (nSPS) is 10.8. The van der Waals surface area contributed by atoms with Crippen molar-refractivity contribution < 1.29 is 4.79 Å². The number of hydrogen-bond donors (Lipinski definition) is 2. The number of nitrogens with zero attached hydrogens (tertiary/aromatic N) is 1. The lowest BCUT2D eigenvalue weighted by Gasteiger charge is -2.06. The summed E-state index contributed by atoms with van der Waals surface area (Å²) in [6, 6.07) is 13.5. The molecule has 2 aromatic carbocycles. The van der Waals surface area contributed by atoms with Crippen molar-refractivity contribution in [1.82, 2.24) is 10.3 Å². The monoisotopic (exact) mass is 375 g/mol. The number of fused-ring (bicyclic) bond motifs is 1. The number of rotatable bonds is 4. The van der Waals surface area contributed by atoms with Gasteiger partial charge in [0.2, 0.25) is 0 Å². The Hall–Kier alpha value is -1.92. The first-order chi connectivity index (χ1) is 10.6. The number of carbonyl (C=O) groups is 1. The molecular weight excluding hydrogens is 362 g/mol. The summed E-state index contributed by atoms with van der Waals surface area (Å²) < 4.78 is 1.97. The van der Waals surface area contributed by atoms with Crippen molar-refractivity contribution in [2.45, 2.75) is 6.42 Å². The topological polar surface area (TPSA) is 68.0 Å². The van der Waals surface area contributed by atoms with Gasteiger partial charge in [0.15, 0.2) is 5.13 Å². The highest BCUT2D eigenvalue weighted by atomic mass is 79.9. The summed E-state index contributed by atoms with van der Waals surface area (Å²) in [6.45, 7) is 0.595. The van der Waals surface area contributed by atoms with Crippen molar-refractivity contribution in [3.63, 3.8) is 0 Å². The van der Waals surface area contributed by atoms with Gasteiger partial charge in [-0.05, 0) is 42.3 Å². The molecule has 0 atom stereocenters. The molecule has 0 radical (unpaired) electrons. The lowest BCUT2D eigenvalue weighted by Crippen LogP contribution is -2.25. The van der Waals surface area contributed by atoms with Crippen LogP contribution in [0.4, 0.5) is 5.13 Å². The van der Waals surface area contributed by atoms with Crippen LogP contribution in [0.1, 0.15) is 15.9 Å². The predicted octanol–water partition coefficient (Wildman–Crippen LogP) is 3.61. The molecule has 0 bridgehead atoms. The molecule has 6 heteroatoms. The van der Waals surface area contributed by atoms with E-state index in [9.17, 15) is 4.79 Å². The molecule has 22 heavy (non-hydrogen) atoms. The van der Waals surface area contributed by atoms with E-state index < -0.39 is 0 Å². The molecule has 1 amide bonds. The fourth-order valence-electron chi connectivity index (χ4n) is 2.20. The third kappa shape index (κ3) is 3.45. The molecule has 1 heterocycles. The van der Waals surface area contributed by atoms with Crippen LogP contribution in [0.5, 0.6) is 0 Å². The van der Waals surface area contributed by atoms with Gasteiger partial charge in [-0.15, -0.1) is 0 Å². The highest BCUT2D eigenvalue weighted by molar-refractivity contribution is 9.10. The fraction of sp³-hybridized carbons (Fsp3) is 0.125. The Morgan fingerprint density at radius 3 is 2.95 bits per heavy atom. The van der Waals surface area contributed by atoms with Crippen LogP contribution in [-0.4, -0.2) is 17.4 Å². The van der Waals surface area contributed by atoms with Crippen molar-refractivity contribution >= 4 is 48.5 Å². The Labute approximate surface area is 140 Å². The molecule has 0 fully saturated rings. The highest BCUT2D eigenvalue weighted by Gasteiger charge is 2.08. The third-order valence-electron chi connectivity index (χ3n) is 3.26. The van der Waals surface area contributed by atoms with Gasteiger partial charge in [-0.1, -0.05) is 39.4 Å². The van der Waals surface area contributed by atoms with E-state index in [4.69, 9.17) is 5.73 Å². The number of carbonyl (C=O) groups excluding carboxylic acids is 1. The number of thiazole rings is 1. The average Bonchev–Trinajstić information content (AvgIpc) is 2.86. The summed E-state index contributed by atoms with van der Waals surface area (Å²) >= 11 is 4.83. The minimum absolute atomic E-state index is 0.0798. The van der Waals surface area contributed by atoms with Gasteiger partial charge in [0, 0.05) is 16.6 Å². The van der Waals surface area contributed by atoms with Crippen LogP contribution in [0.2, 0.25) is 0 Å². The molecule has 0 spiro atoms. The number of nitrogen functional groups attached to an aromatic ring is 1. The van der Waals surface area contributed by atoms with Gasteiger partial charge < -0.3 is 11.1 Å². The standard InChI is InChI=1S/C16H14BrN3OS/c17-12-3-1-2-10(8-12)6-7-19-15(21)11-4-5-13-14(9-11)22-16(18)20-13/h1-5,8-9H,6-7H2,(H2,18,20)(H,19,21). The Bertz CT molecular complexity index is 831. The van der Waals surface area contributed by atoms with E-state index in [0.29, 0.717) is 17.2 Å². The molecule has 3 rings (SSSR count). The molecule has 4 nitrogen and oxygen atoms in total. The van der Waals surface area contributed by atoms with E-state index in [2.05, 4.69) is 32.3 Å². The molecule has 0 aliphatic carbocycles. The molecule has 3 aromatic rings. The van der Waals surface area contributed by atoms with Crippen molar-refractivity contribution in [3.8, 4) is 0 Å². The van der Waals surface area contributed by atoms with Gasteiger partial charge in [0.05, 0.1) is 10.2 Å². The third-order valence-corrected chi connectivity index (χ3v) is 4.60. The molecule has 0 unspecified atom stereocenters. The van der Waals surface area contributed by atoms with E-state index in [0.717, 1.165) is 21.1 Å². The number of nitrogens with two attached hydrogens (primary N) is 1. The van der Waals surface area contributed by atoms with E-state index >= 15 is 0 Å². The van der Waals surface area contributed by atoms with Crippen LogP contribution in [0.25, 0.3) is 10.2 Å². The molecule has 3 N–H and O–H groups in total. The van der Waals surface area contributed by atoms with Gasteiger partial charge in [-0.25, -0.2) is 4.98 Å². The van der Waals surface area contributed by atoms with Crippen molar-refractivity contribution in [2.24, 2.45) is 0 Å². The number of amides is 1. The second-order valence-electron chi connectivity index (χ2n) is 4.87. The second-order valence-corrected chi connectivity index (χ2v) is 6.85. The lowest BCUT2D eigenvalue weighted by atomic mass is 10.1. The van der Waals surface area contributed by atoms with Crippen LogP contribution in [-0.2, 0) is 6.42 Å². The van der Waals surface area contributed by atoms with Crippen LogP contribution in [0, 0.1) is 0 Å². The van der Waals surface area contributed by atoms with Crippen LogP contribution in [0.15, 0.2) is 46.9 Å². The predicted molar refractivity (Wildman–Crippen MR) is 94.2 cm³/mol. The summed E-state index contributed by atoms with van der Waals surface area (Å²) in [5.41, 5.74) is 8.31. The highest BCUT2D eigenvalue weighted by Crippen LogP contribution is 2.24. The average molecular weight is 376 g/mol.